The summed E-state index contributed by atoms with van der Waals surface area (Å²) in [7, 11) is 3.76. The molecule has 23 heavy (non-hydrogen) atoms. The first kappa shape index (κ1) is 14.1. The van der Waals surface area contributed by atoms with Crippen molar-refractivity contribution in [1.29, 1.82) is 0 Å². The third-order valence-electron chi connectivity index (χ3n) is 4.35. The Balaban J connectivity index is 1.80. The van der Waals surface area contributed by atoms with Crippen LogP contribution in [0.1, 0.15) is 17.3 Å². The van der Waals surface area contributed by atoms with Crippen LogP contribution in [0.4, 0.5) is 5.82 Å². The van der Waals surface area contributed by atoms with E-state index < -0.39 is 0 Å². The standard InChI is InChI=1S/C17H19N3O3/c1-20-8-6-11-9-12-15(23-10-22-12)16(21-2)14(11)17(20)19-13-5-3-4-7-18-13/h3-5,7,9,17H,6,8,10H2,1-2H3,(H,18,19)/t17-/m0/s1. The second kappa shape index (κ2) is 5.62. The Morgan fingerprint density at radius 2 is 2.26 bits per heavy atom. The first-order chi connectivity index (χ1) is 11.3. The predicted octanol–water partition coefficient (Wildman–Crippen LogP) is 2.42. The van der Waals surface area contributed by atoms with E-state index in [2.05, 4.69) is 28.3 Å². The number of nitrogens with zero attached hydrogens (tertiary/aromatic N) is 2. The minimum Gasteiger partial charge on any atom is -0.492 e. The van der Waals surface area contributed by atoms with Crippen molar-refractivity contribution in [3.05, 3.63) is 41.6 Å². The highest BCUT2D eigenvalue weighted by molar-refractivity contribution is 5.62. The number of benzene rings is 1. The maximum absolute atomic E-state index is 5.68. The molecule has 0 fully saturated rings. The summed E-state index contributed by atoms with van der Waals surface area (Å²) in [5, 5.41) is 3.49. The van der Waals surface area contributed by atoms with Crippen molar-refractivity contribution < 1.29 is 14.2 Å². The SMILES string of the molecule is COc1c2c(cc3c1[C@@H](Nc1ccccn1)N(C)CC3)OCO2. The molecule has 1 N–H and O–H groups in total. The lowest BCUT2D eigenvalue weighted by Crippen LogP contribution is -2.37. The van der Waals surface area contributed by atoms with Gasteiger partial charge < -0.3 is 19.5 Å². The van der Waals surface area contributed by atoms with Crippen LogP contribution in [0, 0.1) is 0 Å². The lowest BCUT2D eigenvalue weighted by atomic mass is 9.95. The molecule has 6 nitrogen and oxygen atoms in total. The molecule has 0 aliphatic carbocycles. The molecule has 2 aliphatic rings. The highest BCUT2D eigenvalue weighted by Crippen LogP contribution is 2.49. The Morgan fingerprint density at radius 3 is 3.04 bits per heavy atom. The van der Waals surface area contributed by atoms with Crippen LogP contribution in [-0.4, -0.2) is 37.4 Å². The summed E-state index contributed by atoms with van der Waals surface area (Å²) in [5.74, 6) is 3.03. The molecular weight excluding hydrogens is 294 g/mol. The average Bonchev–Trinajstić information content (AvgIpc) is 3.04. The van der Waals surface area contributed by atoms with E-state index in [1.165, 1.54) is 5.56 Å². The predicted molar refractivity (Wildman–Crippen MR) is 86.1 cm³/mol. The fraction of sp³-hybridized carbons (Fsp3) is 0.353. The lowest BCUT2D eigenvalue weighted by Gasteiger charge is -2.36. The second-order valence-corrected chi connectivity index (χ2v) is 5.71. The zero-order valence-electron chi connectivity index (χ0n) is 13.2. The van der Waals surface area contributed by atoms with E-state index in [1.54, 1.807) is 13.3 Å². The van der Waals surface area contributed by atoms with Crippen molar-refractivity contribution in [1.82, 2.24) is 9.88 Å². The van der Waals surface area contributed by atoms with Crippen molar-refractivity contribution in [2.75, 3.05) is 32.8 Å². The molecule has 0 saturated heterocycles. The van der Waals surface area contributed by atoms with Crippen LogP contribution in [0.3, 0.4) is 0 Å². The van der Waals surface area contributed by atoms with E-state index in [1.807, 2.05) is 18.2 Å². The first-order valence-electron chi connectivity index (χ1n) is 7.65. The number of pyridine rings is 1. The van der Waals surface area contributed by atoms with Gasteiger partial charge in [-0.05, 0) is 37.2 Å². The van der Waals surface area contributed by atoms with Crippen LogP contribution in [0.2, 0.25) is 0 Å². The minimum absolute atomic E-state index is 0.0295. The number of anilines is 1. The van der Waals surface area contributed by atoms with Gasteiger partial charge in [-0.25, -0.2) is 4.98 Å². The molecule has 1 aromatic heterocycles. The molecule has 2 aromatic rings. The van der Waals surface area contributed by atoms with Gasteiger partial charge in [-0.1, -0.05) is 6.07 Å². The monoisotopic (exact) mass is 313 g/mol. The summed E-state index contributed by atoms with van der Waals surface area (Å²) >= 11 is 0. The molecule has 2 aliphatic heterocycles. The number of hydrogen-bond acceptors (Lipinski definition) is 6. The van der Waals surface area contributed by atoms with Crippen LogP contribution >= 0.6 is 0 Å². The smallest absolute Gasteiger partial charge is 0.231 e. The normalized spacial score (nSPS) is 19.3. The summed E-state index contributed by atoms with van der Waals surface area (Å²) in [6.45, 7) is 1.18. The molecule has 1 aromatic carbocycles. The van der Waals surface area contributed by atoms with Crippen LogP contribution in [0.15, 0.2) is 30.5 Å². The lowest BCUT2D eigenvalue weighted by molar-refractivity contribution is 0.170. The quantitative estimate of drug-likeness (QED) is 0.939. The first-order valence-corrected chi connectivity index (χ1v) is 7.65. The molecule has 1 atom stereocenters. The van der Waals surface area contributed by atoms with Crippen LogP contribution in [0.25, 0.3) is 0 Å². The molecule has 0 radical (unpaired) electrons. The fourth-order valence-electron chi connectivity index (χ4n) is 3.20. The number of methoxy groups -OCH3 is 1. The molecule has 0 saturated carbocycles. The summed E-state index contributed by atoms with van der Waals surface area (Å²) in [4.78, 5) is 6.63. The summed E-state index contributed by atoms with van der Waals surface area (Å²) in [6, 6.07) is 7.90. The summed E-state index contributed by atoms with van der Waals surface area (Å²) in [6.07, 6.45) is 2.69. The van der Waals surface area contributed by atoms with Crippen molar-refractivity contribution in [2.45, 2.75) is 12.6 Å². The third kappa shape index (κ3) is 2.35. The van der Waals surface area contributed by atoms with Crippen LogP contribution in [0.5, 0.6) is 17.2 Å². The van der Waals surface area contributed by atoms with Gasteiger partial charge in [0.05, 0.1) is 7.11 Å². The maximum atomic E-state index is 5.68. The molecule has 0 amide bonds. The van der Waals surface area contributed by atoms with Crippen molar-refractivity contribution in [3.8, 4) is 17.2 Å². The van der Waals surface area contributed by atoms with Crippen LogP contribution in [-0.2, 0) is 6.42 Å². The zero-order chi connectivity index (χ0) is 15.8. The Bertz CT molecular complexity index is 721. The van der Waals surface area contributed by atoms with Gasteiger partial charge in [-0.3, -0.25) is 4.90 Å². The highest BCUT2D eigenvalue weighted by atomic mass is 16.7. The number of hydrogen-bond donors (Lipinski definition) is 1. The number of aromatic nitrogens is 1. The highest BCUT2D eigenvalue weighted by Gasteiger charge is 2.34. The van der Waals surface area contributed by atoms with Crippen LogP contribution < -0.4 is 19.5 Å². The van der Waals surface area contributed by atoms with Gasteiger partial charge in [0.25, 0.3) is 0 Å². The summed E-state index contributed by atoms with van der Waals surface area (Å²) in [5.41, 5.74) is 2.31. The maximum Gasteiger partial charge on any atom is 0.231 e. The van der Waals surface area contributed by atoms with Crippen molar-refractivity contribution in [2.24, 2.45) is 0 Å². The van der Waals surface area contributed by atoms with Gasteiger partial charge in [0.2, 0.25) is 12.5 Å². The number of nitrogens with one attached hydrogen (secondary N) is 1. The van der Waals surface area contributed by atoms with Gasteiger partial charge >= 0.3 is 0 Å². The molecule has 4 rings (SSSR count). The van der Waals surface area contributed by atoms with E-state index in [4.69, 9.17) is 14.2 Å². The van der Waals surface area contributed by atoms with E-state index in [9.17, 15) is 0 Å². The molecule has 120 valence electrons. The number of likely N-dealkylation sites (N-methyl/N-ethyl adjacent to an activating group) is 1. The molecule has 3 heterocycles. The van der Waals surface area contributed by atoms with Gasteiger partial charge in [-0.2, -0.15) is 0 Å². The number of ether oxygens (including phenoxy) is 3. The summed E-state index contributed by atoms with van der Waals surface area (Å²) < 4.78 is 16.8. The molecule has 0 bridgehead atoms. The molecule has 0 unspecified atom stereocenters. The van der Waals surface area contributed by atoms with E-state index >= 15 is 0 Å². The van der Waals surface area contributed by atoms with Gasteiger partial charge in [-0.15, -0.1) is 0 Å². The fourth-order valence-corrected chi connectivity index (χ4v) is 3.20. The third-order valence-corrected chi connectivity index (χ3v) is 4.35. The number of fused-ring (bicyclic) bond motifs is 2. The van der Waals surface area contributed by atoms with Gasteiger partial charge in [0.15, 0.2) is 11.5 Å². The van der Waals surface area contributed by atoms with Crippen molar-refractivity contribution >= 4 is 5.82 Å². The molecular formula is C17H19N3O3. The van der Waals surface area contributed by atoms with Gasteiger partial charge in [0, 0.05) is 18.3 Å². The Labute approximate surface area is 135 Å². The molecule has 0 spiro atoms. The largest absolute Gasteiger partial charge is 0.492 e. The minimum atomic E-state index is -0.0295. The second-order valence-electron chi connectivity index (χ2n) is 5.71. The Kier molecular flexibility index (Phi) is 3.46. The van der Waals surface area contributed by atoms with E-state index in [0.29, 0.717) is 5.75 Å². The topological polar surface area (TPSA) is 55.9 Å². The Morgan fingerprint density at radius 1 is 1.35 bits per heavy atom. The molecule has 6 heteroatoms. The van der Waals surface area contributed by atoms with E-state index in [-0.39, 0.29) is 13.0 Å². The Hall–Kier alpha value is -2.47. The average molecular weight is 313 g/mol. The zero-order valence-corrected chi connectivity index (χ0v) is 13.2. The van der Waals surface area contributed by atoms with Crippen molar-refractivity contribution in [3.63, 3.8) is 0 Å². The van der Waals surface area contributed by atoms with E-state index in [0.717, 1.165) is 35.8 Å². The van der Waals surface area contributed by atoms with Gasteiger partial charge in [0.1, 0.15) is 12.0 Å². The number of rotatable bonds is 3.